The first-order valence-electron chi connectivity index (χ1n) is 6.18. The summed E-state index contributed by atoms with van der Waals surface area (Å²) in [4.78, 5) is 7.63. The lowest BCUT2D eigenvalue weighted by Crippen LogP contribution is -2.19. The highest BCUT2D eigenvalue weighted by Crippen LogP contribution is 2.28. The van der Waals surface area contributed by atoms with Crippen molar-refractivity contribution >= 4 is 11.6 Å². The third kappa shape index (κ3) is 2.57. The van der Waals surface area contributed by atoms with Crippen LogP contribution in [-0.4, -0.2) is 9.97 Å². The molecule has 18 heavy (non-hydrogen) atoms. The number of aromatic amines is 1. The number of H-pyrrole nitrogens is 1. The van der Waals surface area contributed by atoms with Crippen molar-refractivity contribution in [2.45, 2.75) is 26.3 Å². The Kier molecular flexibility index (Phi) is 4.04. The highest BCUT2D eigenvalue weighted by molar-refractivity contribution is 6.33. The van der Waals surface area contributed by atoms with Crippen molar-refractivity contribution in [2.75, 3.05) is 0 Å². The highest BCUT2D eigenvalue weighted by Gasteiger charge is 2.17. The molecule has 1 aromatic heterocycles. The van der Waals surface area contributed by atoms with Crippen LogP contribution < -0.4 is 5.73 Å². The van der Waals surface area contributed by atoms with E-state index in [2.05, 4.69) is 23.8 Å². The van der Waals surface area contributed by atoms with Gasteiger partial charge in [0.15, 0.2) is 0 Å². The van der Waals surface area contributed by atoms with Crippen molar-refractivity contribution in [1.29, 1.82) is 0 Å². The number of benzene rings is 1. The molecule has 2 atom stereocenters. The van der Waals surface area contributed by atoms with Crippen LogP contribution in [0.5, 0.6) is 0 Å². The highest BCUT2D eigenvalue weighted by atomic mass is 35.5. The maximum Gasteiger partial charge on any atom is 0.123 e. The van der Waals surface area contributed by atoms with Gasteiger partial charge >= 0.3 is 0 Å². The van der Waals surface area contributed by atoms with Gasteiger partial charge in [-0.1, -0.05) is 50.1 Å². The minimum absolute atomic E-state index is 0.0637. The van der Waals surface area contributed by atoms with E-state index >= 15 is 0 Å². The summed E-state index contributed by atoms with van der Waals surface area (Å²) in [6, 6.07) is 7.64. The van der Waals surface area contributed by atoms with Crippen LogP contribution in [0.1, 0.15) is 32.1 Å². The van der Waals surface area contributed by atoms with Gasteiger partial charge < -0.3 is 10.7 Å². The summed E-state index contributed by atoms with van der Waals surface area (Å²) in [5, 5.41) is 0.713. The quantitative estimate of drug-likeness (QED) is 0.882. The zero-order valence-electron chi connectivity index (χ0n) is 10.7. The fraction of sp³-hybridized carbons (Fsp3) is 0.357. The van der Waals surface area contributed by atoms with Gasteiger partial charge in [-0.3, -0.25) is 0 Å². The van der Waals surface area contributed by atoms with Gasteiger partial charge in [-0.05, 0) is 12.0 Å². The van der Waals surface area contributed by atoms with Crippen molar-refractivity contribution in [3.8, 4) is 11.3 Å². The number of hydrogen-bond donors (Lipinski definition) is 2. The van der Waals surface area contributed by atoms with Gasteiger partial charge in [-0.25, -0.2) is 4.98 Å². The molecule has 0 saturated carbocycles. The molecule has 0 radical (unpaired) electrons. The molecule has 4 heteroatoms. The van der Waals surface area contributed by atoms with Crippen LogP contribution in [0.2, 0.25) is 5.02 Å². The number of nitrogens with zero attached hydrogens (tertiary/aromatic N) is 1. The second-order valence-electron chi connectivity index (χ2n) is 4.57. The van der Waals surface area contributed by atoms with E-state index in [4.69, 9.17) is 17.3 Å². The zero-order chi connectivity index (χ0) is 13.1. The lowest BCUT2D eigenvalue weighted by Gasteiger charge is -2.15. The van der Waals surface area contributed by atoms with Crippen molar-refractivity contribution in [1.82, 2.24) is 9.97 Å². The van der Waals surface area contributed by atoms with Crippen molar-refractivity contribution in [2.24, 2.45) is 11.7 Å². The average molecular weight is 264 g/mol. The van der Waals surface area contributed by atoms with E-state index in [0.717, 1.165) is 23.5 Å². The molecule has 0 bridgehead atoms. The largest absolute Gasteiger partial charge is 0.341 e. The van der Waals surface area contributed by atoms with Crippen LogP contribution in [0.25, 0.3) is 11.3 Å². The standard InChI is InChI=1S/C14H18ClN3/c1-3-9(2)13(16)14-17-8-12(18-14)10-6-4-5-7-11(10)15/h4-9,13H,3,16H2,1-2H3,(H,17,18). The van der Waals surface area contributed by atoms with Gasteiger partial charge in [-0.15, -0.1) is 0 Å². The minimum atomic E-state index is -0.0637. The van der Waals surface area contributed by atoms with Crippen LogP contribution in [0.3, 0.4) is 0 Å². The predicted molar refractivity (Wildman–Crippen MR) is 75.4 cm³/mol. The fourth-order valence-electron chi connectivity index (χ4n) is 1.85. The summed E-state index contributed by atoms with van der Waals surface area (Å²) in [5.74, 6) is 1.22. The Balaban J connectivity index is 2.29. The minimum Gasteiger partial charge on any atom is -0.341 e. The van der Waals surface area contributed by atoms with Crippen LogP contribution in [0, 0.1) is 5.92 Å². The summed E-state index contributed by atoms with van der Waals surface area (Å²) in [6.07, 6.45) is 2.82. The first-order chi connectivity index (χ1) is 8.63. The van der Waals surface area contributed by atoms with E-state index < -0.39 is 0 Å². The summed E-state index contributed by atoms with van der Waals surface area (Å²) >= 11 is 6.16. The topological polar surface area (TPSA) is 54.7 Å². The molecule has 0 saturated heterocycles. The van der Waals surface area contributed by atoms with Gasteiger partial charge in [0.1, 0.15) is 5.82 Å². The fourth-order valence-corrected chi connectivity index (χ4v) is 2.08. The van der Waals surface area contributed by atoms with E-state index in [9.17, 15) is 0 Å². The van der Waals surface area contributed by atoms with Gasteiger partial charge in [0.2, 0.25) is 0 Å². The zero-order valence-corrected chi connectivity index (χ0v) is 11.4. The Bertz CT molecular complexity index is 521. The van der Waals surface area contributed by atoms with E-state index in [0.29, 0.717) is 10.9 Å². The van der Waals surface area contributed by atoms with Crippen LogP contribution in [0.4, 0.5) is 0 Å². The van der Waals surface area contributed by atoms with Gasteiger partial charge in [-0.2, -0.15) is 0 Å². The van der Waals surface area contributed by atoms with Gasteiger partial charge in [0.05, 0.1) is 17.9 Å². The number of rotatable bonds is 4. The van der Waals surface area contributed by atoms with E-state index in [-0.39, 0.29) is 6.04 Å². The molecule has 0 aliphatic heterocycles. The molecule has 0 spiro atoms. The summed E-state index contributed by atoms with van der Waals surface area (Å²) in [5.41, 5.74) is 8.02. The Morgan fingerprint density at radius 3 is 2.78 bits per heavy atom. The molecule has 0 aliphatic rings. The molecule has 2 unspecified atom stereocenters. The van der Waals surface area contributed by atoms with Crippen molar-refractivity contribution < 1.29 is 0 Å². The SMILES string of the molecule is CCC(C)C(N)c1ncc(-c2ccccc2Cl)[nH]1. The van der Waals surface area contributed by atoms with Crippen molar-refractivity contribution in [3.63, 3.8) is 0 Å². The first kappa shape index (κ1) is 13.1. The Morgan fingerprint density at radius 1 is 1.39 bits per heavy atom. The molecule has 3 nitrogen and oxygen atoms in total. The Morgan fingerprint density at radius 2 is 2.11 bits per heavy atom. The molecule has 2 rings (SSSR count). The molecule has 0 amide bonds. The number of hydrogen-bond acceptors (Lipinski definition) is 2. The maximum atomic E-state index is 6.16. The third-order valence-electron chi connectivity index (χ3n) is 3.33. The molecule has 0 aliphatic carbocycles. The van der Waals surface area contributed by atoms with Crippen LogP contribution in [-0.2, 0) is 0 Å². The molecular formula is C14H18ClN3. The van der Waals surface area contributed by atoms with Gasteiger partial charge in [0.25, 0.3) is 0 Å². The number of nitrogens with one attached hydrogen (secondary N) is 1. The summed E-state index contributed by atoms with van der Waals surface area (Å²) in [7, 11) is 0. The number of imidazole rings is 1. The number of nitrogens with two attached hydrogens (primary N) is 1. The molecule has 2 aromatic rings. The van der Waals surface area contributed by atoms with Crippen LogP contribution in [0.15, 0.2) is 30.5 Å². The van der Waals surface area contributed by atoms with Crippen LogP contribution >= 0.6 is 11.6 Å². The summed E-state index contributed by atoms with van der Waals surface area (Å²) in [6.45, 7) is 4.25. The van der Waals surface area contributed by atoms with Crippen molar-refractivity contribution in [3.05, 3.63) is 41.3 Å². The summed E-state index contributed by atoms with van der Waals surface area (Å²) < 4.78 is 0. The van der Waals surface area contributed by atoms with E-state index in [1.807, 2.05) is 24.3 Å². The van der Waals surface area contributed by atoms with E-state index in [1.54, 1.807) is 6.20 Å². The second-order valence-corrected chi connectivity index (χ2v) is 4.98. The molecule has 0 fully saturated rings. The maximum absolute atomic E-state index is 6.16. The van der Waals surface area contributed by atoms with E-state index in [1.165, 1.54) is 0 Å². The number of halogens is 1. The number of aromatic nitrogens is 2. The molecule has 96 valence electrons. The molecule has 1 aromatic carbocycles. The lowest BCUT2D eigenvalue weighted by molar-refractivity contribution is 0.441. The smallest absolute Gasteiger partial charge is 0.123 e. The van der Waals surface area contributed by atoms with Gasteiger partial charge in [0, 0.05) is 10.6 Å². The molecule has 3 N–H and O–H groups in total. The average Bonchev–Trinajstić information content (AvgIpc) is 2.87. The second kappa shape index (κ2) is 5.55. The predicted octanol–water partition coefficient (Wildman–Crippen LogP) is 3.78. The monoisotopic (exact) mass is 263 g/mol. The Labute approximate surface area is 112 Å². The third-order valence-corrected chi connectivity index (χ3v) is 3.66. The normalized spacial score (nSPS) is 14.4. The molecule has 1 heterocycles. The lowest BCUT2D eigenvalue weighted by atomic mass is 10.00. The Hall–Kier alpha value is -1.32. The molecular weight excluding hydrogens is 246 g/mol. The first-order valence-corrected chi connectivity index (χ1v) is 6.56.